The molecule has 3 N–H and O–H groups in total. The predicted octanol–water partition coefficient (Wildman–Crippen LogP) is 2.23. The second kappa shape index (κ2) is 6.59. The lowest BCUT2D eigenvalue weighted by Crippen LogP contribution is -2.21. The Balaban J connectivity index is 1.62. The molecule has 0 radical (unpaired) electrons. The Kier molecular flexibility index (Phi) is 4.15. The lowest BCUT2D eigenvalue weighted by Gasteiger charge is -2.12. The van der Waals surface area contributed by atoms with Crippen LogP contribution in [0.5, 0.6) is 0 Å². The van der Waals surface area contributed by atoms with Crippen molar-refractivity contribution in [3.05, 3.63) is 48.2 Å². The maximum Gasteiger partial charge on any atom is 0.158 e. The first-order valence-electron chi connectivity index (χ1n) is 8.42. The molecule has 1 fully saturated rings. The zero-order valence-corrected chi connectivity index (χ0v) is 13.8. The van der Waals surface area contributed by atoms with Gasteiger partial charge in [0.1, 0.15) is 5.82 Å². The normalized spacial score (nSPS) is 15.2. The first-order valence-corrected chi connectivity index (χ1v) is 8.42. The van der Waals surface area contributed by atoms with Gasteiger partial charge in [-0.25, -0.2) is 4.98 Å². The van der Waals surface area contributed by atoms with Crippen LogP contribution in [0.2, 0.25) is 0 Å². The summed E-state index contributed by atoms with van der Waals surface area (Å²) in [5, 5.41) is 8.11. The number of hydrogen-bond donors (Lipinski definition) is 3. The summed E-state index contributed by atoms with van der Waals surface area (Å²) in [5.74, 6) is 1.66. The smallest absolute Gasteiger partial charge is 0.158 e. The summed E-state index contributed by atoms with van der Waals surface area (Å²) in [4.78, 5) is 4.75. The largest absolute Gasteiger partial charge is 0.370 e. The fourth-order valence-electron chi connectivity index (χ4n) is 3.09. The third-order valence-electron chi connectivity index (χ3n) is 4.38. The number of fused-ring (bicyclic) bond motifs is 1. The standard InChI is InChI=1S/C18H22N6/c1-13-9-18-22-16(15-5-3-2-4-6-15)10-17(24(18)23-13)19-8-7-14-11-20-21-12-14/h2-6,9-10,14,19-21H,7-8,11-12H2,1H3. The molecule has 124 valence electrons. The summed E-state index contributed by atoms with van der Waals surface area (Å²) in [6, 6.07) is 14.4. The summed E-state index contributed by atoms with van der Waals surface area (Å²) in [6.45, 7) is 4.98. The summed E-state index contributed by atoms with van der Waals surface area (Å²) in [5.41, 5.74) is 10.3. The van der Waals surface area contributed by atoms with Crippen LogP contribution in [0.25, 0.3) is 16.9 Å². The van der Waals surface area contributed by atoms with Gasteiger partial charge in [-0.2, -0.15) is 9.61 Å². The number of nitrogens with one attached hydrogen (secondary N) is 3. The number of aryl methyl sites for hydroxylation is 1. The monoisotopic (exact) mass is 322 g/mol. The van der Waals surface area contributed by atoms with Crippen LogP contribution in [0.4, 0.5) is 5.82 Å². The van der Waals surface area contributed by atoms with E-state index in [-0.39, 0.29) is 0 Å². The molecule has 0 aliphatic carbocycles. The summed E-state index contributed by atoms with van der Waals surface area (Å²) in [6.07, 6.45) is 1.12. The van der Waals surface area contributed by atoms with Crippen molar-refractivity contribution < 1.29 is 0 Å². The Hall–Kier alpha value is -2.44. The van der Waals surface area contributed by atoms with Gasteiger partial charge >= 0.3 is 0 Å². The molecule has 1 aromatic carbocycles. The van der Waals surface area contributed by atoms with Crippen LogP contribution in [0.3, 0.4) is 0 Å². The van der Waals surface area contributed by atoms with Crippen molar-refractivity contribution in [1.29, 1.82) is 0 Å². The first-order chi connectivity index (χ1) is 11.8. The van der Waals surface area contributed by atoms with Crippen molar-refractivity contribution in [3.8, 4) is 11.3 Å². The maximum atomic E-state index is 4.75. The predicted molar refractivity (Wildman–Crippen MR) is 95.8 cm³/mol. The Bertz CT molecular complexity index is 820. The molecule has 1 aliphatic rings. The van der Waals surface area contributed by atoms with Crippen molar-refractivity contribution in [2.75, 3.05) is 25.0 Å². The van der Waals surface area contributed by atoms with Crippen molar-refractivity contribution in [3.63, 3.8) is 0 Å². The zero-order chi connectivity index (χ0) is 16.4. The van der Waals surface area contributed by atoms with Gasteiger partial charge in [-0.15, -0.1) is 0 Å². The van der Waals surface area contributed by atoms with Gasteiger partial charge in [-0.1, -0.05) is 30.3 Å². The average molecular weight is 322 g/mol. The summed E-state index contributed by atoms with van der Waals surface area (Å²) >= 11 is 0. The quantitative estimate of drug-likeness (QED) is 0.672. The van der Waals surface area contributed by atoms with Crippen LogP contribution in [-0.4, -0.2) is 34.2 Å². The molecule has 4 rings (SSSR count). The van der Waals surface area contributed by atoms with Gasteiger partial charge in [-0.3, -0.25) is 10.9 Å². The summed E-state index contributed by atoms with van der Waals surface area (Å²) < 4.78 is 1.90. The molecule has 0 atom stereocenters. The molecule has 24 heavy (non-hydrogen) atoms. The second-order valence-electron chi connectivity index (χ2n) is 6.29. The molecule has 3 heterocycles. The number of anilines is 1. The minimum atomic E-state index is 0.669. The van der Waals surface area contributed by atoms with Crippen LogP contribution in [-0.2, 0) is 0 Å². The Labute approximate surface area is 141 Å². The lowest BCUT2D eigenvalue weighted by molar-refractivity contribution is 0.573. The van der Waals surface area contributed by atoms with Gasteiger partial charge in [0.25, 0.3) is 0 Å². The average Bonchev–Trinajstić information content (AvgIpc) is 3.24. The number of hydrogen-bond acceptors (Lipinski definition) is 5. The number of benzene rings is 1. The Morgan fingerprint density at radius 1 is 1.17 bits per heavy atom. The molecule has 6 nitrogen and oxygen atoms in total. The van der Waals surface area contributed by atoms with Crippen LogP contribution < -0.4 is 16.2 Å². The fraction of sp³-hybridized carbons (Fsp3) is 0.333. The van der Waals surface area contributed by atoms with E-state index < -0.39 is 0 Å². The Morgan fingerprint density at radius 3 is 2.75 bits per heavy atom. The second-order valence-corrected chi connectivity index (χ2v) is 6.29. The van der Waals surface area contributed by atoms with E-state index in [0.29, 0.717) is 5.92 Å². The Morgan fingerprint density at radius 2 is 1.96 bits per heavy atom. The van der Waals surface area contributed by atoms with Crippen LogP contribution in [0.1, 0.15) is 12.1 Å². The van der Waals surface area contributed by atoms with Crippen LogP contribution in [0.15, 0.2) is 42.5 Å². The maximum absolute atomic E-state index is 4.75. The fourth-order valence-corrected chi connectivity index (χ4v) is 3.09. The summed E-state index contributed by atoms with van der Waals surface area (Å²) in [7, 11) is 0. The molecule has 0 spiro atoms. The SMILES string of the molecule is Cc1cc2nc(-c3ccccc3)cc(NCCC3CNNC3)n2n1. The van der Waals surface area contributed by atoms with Gasteiger partial charge in [0.15, 0.2) is 5.65 Å². The molecular formula is C18H22N6. The number of aromatic nitrogens is 3. The van der Waals surface area contributed by atoms with Crippen LogP contribution in [0, 0.1) is 12.8 Å². The highest BCUT2D eigenvalue weighted by molar-refractivity contribution is 5.66. The molecule has 0 unspecified atom stereocenters. The van der Waals surface area contributed by atoms with Gasteiger partial charge in [0.2, 0.25) is 0 Å². The van der Waals surface area contributed by atoms with E-state index in [9.17, 15) is 0 Å². The first kappa shape index (κ1) is 15.1. The lowest BCUT2D eigenvalue weighted by atomic mass is 10.1. The molecule has 3 aromatic rings. The topological polar surface area (TPSA) is 66.3 Å². The highest BCUT2D eigenvalue weighted by atomic mass is 15.4. The van der Waals surface area contributed by atoms with Gasteiger partial charge in [0.05, 0.1) is 11.4 Å². The van der Waals surface area contributed by atoms with Gasteiger partial charge in [0, 0.05) is 37.3 Å². The van der Waals surface area contributed by atoms with Crippen molar-refractivity contribution in [2.24, 2.45) is 5.92 Å². The van der Waals surface area contributed by atoms with Gasteiger partial charge in [-0.05, 0) is 19.3 Å². The van der Waals surface area contributed by atoms with E-state index in [4.69, 9.17) is 4.98 Å². The number of nitrogens with zero attached hydrogens (tertiary/aromatic N) is 3. The minimum Gasteiger partial charge on any atom is -0.370 e. The van der Waals surface area contributed by atoms with E-state index in [0.717, 1.165) is 54.5 Å². The minimum absolute atomic E-state index is 0.669. The zero-order valence-electron chi connectivity index (χ0n) is 13.8. The molecule has 2 aromatic heterocycles. The van der Waals surface area contributed by atoms with E-state index in [1.165, 1.54) is 0 Å². The molecule has 6 heteroatoms. The molecular weight excluding hydrogens is 300 g/mol. The van der Waals surface area contributed by atoms with Gasteiger partial charge < -0.3 is 5.32 Å². The van der Waals surface area contributed by atoms with Crippen LogP contribution >= 0.6 is 0 Å². The molecule has 1 aliphatic heterocycles. The van der Waals surface area contributed by atoms with E-state index in [2.05, 4.69) is 39.5 Å². The third kappa shape index (κ3) is 3.11. The third-order valence-corrected chi connectivity index (χ3v) is 4.38. The molecule has 1 saturated heterocycles. The van der Waals surface area contributed by atoms with Crippen molar-refractivity contribution in [2.45, 2.75) is 13.3 Å². The number of rotatable bonds is 5. The highest BCUT2D eigenvalue weighted by Gasteiger charge is 2.14. The van der Waals surface area contributed by atoms with E-state index in [1.54, 1.807) is 0 Å². The van der Waals surface area contributed by atoms with Crippen molar-refractivity contribution in [1.82, 2.24) is 25.4 Å². The molecule has 0 saturated carbocycles. The number of hydrazine groups is 1. The van der Waals surface area contributed by atoms with E-state index in [1.807, 2.05) is 35.7 Å². The van der Waals surface area contributed by atoms with Crippen molar-refractivity contribution >= 4 is 11.5 Å². The highest BCUT2D eigenvalue weighted by Crippen LogP contribution is 2.22. The molecule has 0 amide bonds. The van der Waals surface area contributed by atoms with E-state index >= 15 is 0 Å². The molecule has 0 bridgehead atoms.